The number of amides is 2. The smallest absolute Gasteiger partial charge is 0.255 e. The Bertz CT molecular complexity index is 1100. The number of carbonyl (C=O) groups is 2. The number of nitriles is 1. The van der Waals surface area contributed by atoms with Gasteiger partial charge in [-0.1, -0.05) is 39.0 Å². The summed E-state index contributed by atoms with van der Waals surface area (Å²) in [5.41, 5.74) is 3.77. The molecule has 0 radical (unpaired) electrons. The van der Waals surface area contributed by atoms with E-state index in [1.807, 2.05) is 30.3 Å². The van der Waals surface area contributed by atoms with Crippen molar-refractivity contribution in [2.24, 2.45) is 0 Å². The van der Waals surface area contributed by atoms with Crippen molar-refractivity contribution in [3.05, 3.63) is 95.1 Å². The molecule has 0 aliphatic rings. The molecule has 5 nitrogen and oxygen atoms in total. The fourth-order valence-corrected chi connectivity index (χ4v) is 2.89. The van der Waals surface area contributed by atoms with Crippen molar-refractivity contribution in [3.8, 4) is 6.07 Å². The Hall–Kier alpha value is -3.91. The van der Waals surface area contributed by atoms with Crippen molar-refractivity contribution >= 4 is 23.2 Å². The van der Waals surface area contributed by atoms with Gasteiger partial charge in [0.15, 0.2) is 0 Å². The SMILES string of the molecule is CC(C)(C)c1ccc(NC(=O)c2cccc(C(=O)Nc3ccc(C#N)cc3)c2)cc1. The summed E-state index contributed by atoms with van der Waals surface area (Å²) in [4.78, 5) is 25.2. The van der Waals surface area contributed by atoms with Gasteiger partial charge >= 0.3 is 0 Å². The largest absolute Gasteiger partial charge is 0.322 e. The van der Waals surface area contributed by atoms with Gasteiger partial charge in [-0.05, 0) is 65.6 Å². The molecule has 2 N–H and O–H groups in total. The second-order valence-corrected chi connectivity index (χ2v) is 8.01. The lowest BCUT2D eigenvalue weighted by molar-refractivity contribution is 0.102. The number of rotatable bonds is 4. The normalized spacial score (nSPS) is 10.7. The first kappa shape index (κ1) is 20.8. The second-order valence-electron chi connectivity index (χ2n) is 8.01. The Balaban J connectivity index is 1.70. The molecule has 5 heteroatoms. The fraction of sp³-hybridized carbons (Fsp3) is 0.160. The van der Waals surface area contributed by atoms with Crippen molar-refractivity contribution in [2.45, 2.75) is 26.2 Å². The highest BCUT2D eigenvalue weighted by Gasteiger charge is 2.14. The first-order valence-electron chi connectivity index (χ1n) is 9.60. The Morgan fingerprint density at radius 1 is 0.767 bits per heavy atom. The molecule has 0 fully saturated rings. The Kier molecular flexibility index (Phi) is 5.98. The van der Waals surface area contributed by atoms with Crippen LogP contribution in [0.2, 0.25) is 0 Å². The minimum absolute atomic E-state index is 0.0408. The summed E-state index contributed by atoms with van der Waals surface area (Å²) in [6.07, 6.45) is 0. The van der Waals surface area contributed by atoms with Crippen LogP contribution in [0.15, 0.2) is 72.8 Å². The lowest BCUT2D eigenvalue weighted by Gasteiger charge is -2.19. The topological polar surface area (TPSA) is 82.0 Å². The molecule has 150 valence electrons. The molecule has 0 atom stereocenters. The zero-order chi connectivity index (χ0) is 21.7. The molecule has 3 rings (SSSR count). The van der Waals surface area contributed by atoms with Crippen molar-refractivity contribution in [1.82, 2.24) is 0 Å². The molecule has 3 aromatic rings. The molecule has 0 aliphatic carbocycles. The van der Waals surface area contributed by atoms with E-state index in [1.165, 1.54) is 5.56 Å². The van der Waals surface area contributed by atoms with Crippen molar-refractivity contribution in [3.63, 3.8) is 0 Å². The molecule has 30 heavy (non-hydrogen) atoms. The third-order valence-corrected chi connectivity index (χ3v) is 4.67. The van der Waals surface area contributed by atoms with E-state index in [0.717, 1.165) is 0 Å². The molecule has 3 aromatic carbocycles. The molecule has 2 amide bonds. The van der Waals surface area contributed by atoms with Gasteiger partial charge in [0.05, 0.1) is 11.6 Å². The van der Waals surface area contributed by atoms with Crippen LogP contribution >= 0.6 is 0 Å². The summed E-state index contributed by atoms with van der Waals surface area (Å²) >= 11 is 0. The monoisotopic (exact) mass is 397 g/mol. The fourth-order valence-electron chi connectivity index (χ4n) is 2.89. The number of nitrogens with zero attached hydrogens (tertiary/aromatic N) is 1. The predicted octanol–water partition coefficient (Wildman–Crippen LogP) is 5.36. The van der Waals surface area contributed by atoms with Crippen molar-refractivity contribution in [1.29, 1.82) is 5.26 Å². The predicted molar refractivity (Wildman–Crippen MR) is 119 cm³/mol. The molecule has 0 aliphatic heterocycles. The highest BCUT2D eigenvalue weighted by atomic mass is 16.2. The van der Waals surface area contributed by atoms with E-state index in [-0.39, 0.29) is 17.2 Å². The quantitative estimate of drug-likeness (QED) is 0.622. The Morgan fingerprint density at radius 2 is 1.23 bits per heavy atom. The number of benzene rings is 3. The standard InChI is InChI=1S/C25H23N3O2/c1-25(2,3)20-9-13-22(14-10-20)28-24(30)19-6-4-5-18(15-19)23(29)27-21-11-7-17(16-26)8-12-21/h4-15H,1-3H3,(H,27,29)(H,28,30). The molecule has 0 saturated heterocycles. The van der Waals surface area contributed by atoms with E-state index in [1.54, 1.807) is 48.5 Å². The van der Waals surface area contributed by atoms with Crippen LogP contribution in [0.4, 0.5) is 11.4 Å². The zero-order valence-corrected chi connectivity index (χ0v) is 17.2. The summed E-state index contributed by atoms with van der Waals surface area (Å²) < 4.78 is 0. The van der Waals surface area contributed by atoms with Crippen LogP contribution in [-0.4, -0.2) is 11.8 Å². The second kappa shape index (κ2) is 8.62. The third kappa shape index (κ3) is 5.12. The van der Waals surface area contributed by atoms with Crippen LogP contribution in [-0.2, 0) is 5.41 Å². The minimum atomic E-state index is -0.330. The van der Waals surface area contributed by atoms with E-state index in [9.17, 15) is 9.59 Å². The van der Waals surface area contributed by atoms with Gasteiger partial charge in [0.2, 0.25) is 0 Å². The van der Waals surface area contributed by atoms with Gasteiger partial charge in [-0.25, -0.2) is 0 Å². The van der Waals surface area contributed by atoms with E-state index in [0.29, 0.717) is 28.1 Å². The molecular weight excluding hydrogens is 374 g/mol. The number of carbonyl (C=O) groups excluding carboxylic acids is 2. The lowest BCUT2D eigenvalue weighted by atomic mass is 9.87. The van der Waals surface area contributed by atoms with Crippen molar-refractivity contribution < 1.29 is 9.59 Å². The van der Waals surface area contributed by atoms with E-state index in [4.69, 9.17) is 5.26 Å². The third-order valence-electron chi connectivity index (χ3n) is 4.67. The number of anilines is 2. The van der Waals surface area contributed by atoms with Crippen LogP contribution in [0, 0.1) is 11.3 Å². The van der Waals surface area contributed by atoms with Gasteiger partial charge in [0.25, 0.3) is 11.8 Å². The minimum Gasteiger partial charge on any atom is -0.322 e. The van der Waals surface area contributed by atoms with Gasteiger partial charge in [0.1, 0.15) is 0 Å². The summed E-state index contributed by atoms with van der Waals surface area (Å²) in [6, 6.07) is 22.9. The first-order valence-corrected chi connectivity index (χ1v) is 9.60. The van der Waals surface area contributed by atoms with Crippen molar-refractivity contribution in [2.75, 3.05) is 10.6 Å². The number of hydrogen-bond acceptors (Lipinski definition) is 3. The van der Waals surface area contributed by atoms with Gasteiger partial charge in [-0.2, -0.15) is 5.26 Å². The molecule has 0 heterocycles. The van der Waals surface area contributed by atoms with Crippen LogP contribution in [0.1, 0.15) is 52.6 Å². The molecule has 0 spiro atoms. The highest BCUT2D eigenvalue weighted by molar-refractivity contribution is 6.08. The number of nitrogens with one attached hydrogen (secondary N) is 2. The summed E-state index contributed by atoms with van der Waals surface area (Å²) in [6.45, 7) is 6.40. The molecular formula is C25H23N3O2. The summed E-state index contributed by atoms with van der Waals surface area (Å²) in [5, 5.41) is 14.5. The Morgan fingerprint density at radius 3 is 1.67 bits per heavy atom. The van der Waals surface area contributed by atoms with E-state index >= 15 is 0 Å². The average molecular weight is 397 g/mol. The molecule has 0 saturated carbocycles. The molecule has 0 aromatic heterocycles. The maximum Gasteiger partial charge on any atom is 0.255 e. The highest BCUT2D eigenvalue weighted by Crippen LogP contribution is 2.23. The Labute approximate surface area is 176 Å². The van der Waals surface area contributed by atoms with Gasteiger partial charge < -0.3 is 10.6 Å². The maximum atomic E-state index is 12.6. The molecule has 0 unspecified atom stereocenters. The molecule has 0 bridgehead atoms. The lowest BCUT2D eigenvalue weighted by Crippen LogP contribution is -2.16. The van der Waals surface area contributed by atoms with Crippen LogP contribution in [0.5, 0.6) is 0 Å². The van der Waals surface area contributed by atoms with Gasteiger partial charge in [-0.3, -0.25) is 9.59 Å². The first-order chi connectivity index (χ1) is 14.3. The zero-order valence-electron chi connectivity index (χ0n) is 17.2. The van der Waals surface area contributed by atoms with E-state index in [2.05, 4.69) is 31.4 Å². The van der Waals surface area contributed by atoms with Crippen LogP contribution in [0.25, 0.3) is 0 Å². The van der Waals surface area contributed by atoms with Crippen LogP contribution < -0.4 is 10.6 Å². The summed E-state index contributed by atoms with van der Waals surface area (Å²) in [7, 11) is 0. The van der Waals surface area contributed by atoms with Crippen LogP contribution in [0.3, 0.4) is 0 Å². The average Bonchev–Trinajstić information content (AvgIpc) is 2.74. The maximum absolute atomic E-state index is 12.6. The number of hydrogen-bond donors (Lipinski definition) is 2. The van der Waals surface area contributed by atoms with Gasteiger partial charge in [0, 0.05) is 22.5 Å². The van der Waals surface area contributed by atoms with Gasteiger partial charge in [-0.15, -0.1) is 0 Å². The van der Waals surface area contributed by atoms with E-state index < -0.39 is 0 Å². The summed E-state index contributed by atoms with van der Waals surface area (Å²) in [5.74, 6) is -0.615.